The third-order valence-electron chi connectivity index (χ3n) is 2.53. The van der Waals surface area contributed by atoms with Gasteiger partial charge in [0.1, 0.15) is 5.82 Å². The smallest absolute Gasteiger partial charge is 0.137 e. The number of nitrogens with zero attached hydrogens (tertiary/aromatic N) is 1. The van der Waals surface area contributed by atoms with Crippen LogP contribution in [0.1, 0.15) is 5.56 Å². The zero-order chi connectivity index (χ0) is 10.7. The van der Waals surface area contributed by atoms with E-state index in [1.54, 1.807) is 6.07 Å². The van der Waals surface area contributed by atoms with E-state index in [0.29, 0.717) is 4.47 Å². The van der Waals surface area contributed by atoms with Crippen molar-refractivity contribution in [1.29, 1.82) is 0 Å². The highest BCUT2D eigenvalue weighted by atomic mass is 79.9. The van der Waals surface area contributed by atoms with Gasteiger partial charge in [-0.05, 0) is 27.6 Å². The molecule has 15 heavy (non-hydrogen) atoms. The van der Waals surface area contributed by atoms with E-state index in [9.17, 15) is 4.39 Å². The van der Waals surface area contributed by atoms with Crippen LogP contribution >= 0.6 is 27.7 Å². The minimum absolute atomic E-state index is 0.168. The van der Waals surface area contributed by atoms with Crippen LogP contribution in [0.3, 0.4) is 0 Å². The van der Waals surface area contributed by atoms with E-state index in [2.05, 4.69) is 20.8 Å². The van der Waals surface area contributed by atoms with Gasteiger partial charge in [-0.3, -0.25) is 4.90 Å². The average molecular weight is 290 g/mol. The van der Waals surface area contributed by atoms with Crippen molar-refractivity contribution in [3.05, 3.63) is 34.1 Å². The largest absolute Gasteiger partial charge is 0.297 e. The lowest BCUT2D eigenvalue weighted by molar-refractivity contribution is 0.293. The summed E-state index contributed by atoms with van der Waals surface area (Å²) in [6.45, 7) is 3.06. The predicted octanol–water partition coefficient (Wildman–Crippen LogP) is 3.14. The van der Waals surface area contributed by atoms with Crippen LogP contribution in [-0.4, -0.2) is 29.5 Å². The third-order valence-corrected chi connectivity index (χ3v) is 4.36. The lowest BCUT2D eigenvalue weighted by atomic mass is 10.2. The van der Waals surface area contributed by atoms with Crippen molar-refractivity contribution < 1.29 is 4.39 Å². The van der Waals surface area contributed by atoms with Gasteiger partial charge in [0, 0.05) is 31.1 Å². The summed E-state index contributed by atoms with van der Waals surface area (Å²) in [6, 6.07) is 5.24. The molecule has 1 aromatic rings. The van der Waals surface area contributed by atoms with Gasteiger partial charge in [0.05, 0.1) is 4.47 Å². The van der Waals surface area contributed by atoms with E-state index in [4.69, 9.17) is 0 Å². The zero-order valence-electron chi connectivity index (χ0n) is 8.38. The summed E-state index contributed by atoms with van der Waals surface area (Å²) in [5.74, 6) is 2.21. The van der Waals surface area contributed by atoms with Gasteiger partial charge >= 0.3 is 0 Å². The number of benzene rings is 1. The second-order valence-electron chi connectivity index (χ2n) is 3.60. The maximum Gasteiger partial charge on any atom is 0.137 e. The van der Waals surface area contributed by atoms with Gasteiger partial charge in [-0.25, -0.2) is 4.39 Å². The summed E-state index contributed by atoms with van der Waals surface area (Å²) in [4.78, 5) is 2.37. The van der Waals surface area contributed by atoms with Crippen molar-refractivity contribution >= 4 is 27.7 Å². The van der Waals surface area contributed by atoms with E-state index >= 15 is 0 Å². The van der Waals surface area contributed by atoms with Crippen molar-refractivity contribution in [3.8, 4) is 0 Å². The van der Waals surface area contributed by atoms with Crippen LogP contribution < -0.4 is 0 Å². The standard InChI is InChI=1S/C11H13BrFNS/c12-11-9(2-1-3-10(11)13)8-14-4-6-15-7-5-14/h1-3H,4-8H2. The molecule has 82 valence electrons. The van der Waals surface area contributed by atoms with Crippen molar-refractivity contribution in [2.75, 3.05) is 24.6 Å². The minimum Gasteiger partial charge on any atom is -0.297 e. The first-order chi connectivity index (χ1) is 7.27. The van der Waals surface area contributed by atoms with Gasteiger partial charge in [0.15, 0.2) is 0 Å². The fraction of sp³-hybridized carbons (Fsp3) is 0.455. The first-order valence-corrected chi connectivity index (χ1v) is 6.95. The molecule has 1 nitrogen and oxygen atoms in total. The Bertz CT molecular complexity index is 339. The molecule has 0 aliphatic carbocycles. The van der Waals surface area contributed by atoms with Crippen LogP contribution in [0.4, 0.5) is 4.39 Å². The summed E-state index contributed by atoms with van der Waals surface area (Å²) >= 11 is 5.29. The Balaban J connectivity index is 2.06. The molecule has 1 aromatic carbocycles. The van der Waals surface area contributed by atoms with Crippen LogP contribution in [-0.2, 0) is 6.54 Å². The first-order valence-electron chi connectivity index (χ1n) is 5.00. The van der Waals surface area contributed by atoms with E-state index in [0.717, 1.165) is 25.2 Å². The van der Waals surface area contributed by atoms with Gasteiger partial charge in [-0.15, -0.1) is 0 Å². The topological polar surface area (TPSA) is 3.24 Å². The third kappa shape index (κ3) is 2.95. The SMILES string of the molecule is Fc1cccc(CN2CCSCC2)c1Br. The molecule has 2 rings (SSSR count). The molecule has 0 atom stereocenters. The van der Waals surface area contributed by atoms with Crippen molar-refractivity contribution in [2.45, 2.75) is 6.54 Å². The second kappa shape index (κ2) is 5.32. The summed E-state index contributed by atoms with van der Waals surface area (Å²) in [5, 5.41) is 0. The summed E-state index contributed by atoms with van der Waals surface area (Å²) in [5.41, 5.74) is 1.04. The number of hydrogen-bond acceptors (Lipinski definition) is 2. The summed E-state index contributed by atoms with van der Waals surface area (Å²) in [7, 11) is 0. The van der Waals surface area contributed by atoms with Gasteiger partial charge in [0.25, 0.3) is 0 Å². The highest BCUT2D eigenvalue weighted by Crippen LogP contribution is 2.22. The molecular formula is C11H13BrFNS. The minimum atomic E-state index is -0.168. The molecule has 0 spiro atoms. The maximum atomic E-state index is 13.3. The molecule has 0 bridgehead atoms. The number of hydrogen-bond donors (Lipinski definition) is 0. The Hall–Kier alpha value is -0.0600. The Kier molecular flexibility index (Phi) is 4.05. The van der Waals surface area contributed by atoms with E-state index in [1.807, 2.05) is 17.8 Å². The van der Waals surface area contributed by atoms with E-state index in [-0.39, 0.29) is 5.82 Å². The number of thioether (sulfide) groups is 1. The van der Waals surface area contributed by atoms with Crippen LogP contribution in [0, 0.1) is 5.82 Å². The molecule has 1 heterocycles. The molecule has 0 N–H and O–H groups in total. The second-order valence-corrected chi connectivity index (χ2v) is 5.62. The monoisotopic (exact) mass is 289 g/mol. The zero-order valence-corrected chi connectivity index (χ0v) is 10.8. The van der Waals surface area contributed by atoms with E-state index in [1.165, 1.54) is 17.6 Å². The molecule has 0 unspecified atom stereocenters. The Labute approximate surface area is 102 Å². The van der Waals surface area contributed by atoms with Crippen LogP contribution in [0.25, 0.3) is 0 Å². The number of halogens is 2. The normalized spacial score (nSPS) is 18.0. The maximum absolute atomic E-state index is 13.3. The first kappa shape index (κ1) is 11.4. The van der Waals surface area contributed by atoms with Crippen molar-refractivity contribution in [1.82, 2.24) is 4.90 Å². The molecule has 0 aromatic heterocycles. The van der Waals surface area contributed by atoms with Gasteiger partial charge in [-0.2, -0.15) is 11.8 Å². The Morgan fingerprint density at radius 1 is 1.33 bits per heavy atom. The molecule has 4 heteroatoms. The van der Waals surface area contributed by atoms with Gasteiger partial charge in [0.2, 0.25) is 0 Å². The van der Waals surface area contributed by atoms with E-state index < -0.39 is 0 Å². The fourth-order valence-corrected chi connectivity index (χ4v) is 3.04. The molecule has 0 amide bonds. The highest BCUT2D eigenvalue weighted by molar-refractivity contribution is 9.10. The molecule has 1 aliphatic rings. The van der Waals surface area contributed by atoms with Gasteiger partial charge in [-0.1, -0.05) is 12.1 Å². The molecule has 0 saturated carbocycles. The van der Waals surface area contributed by atoms with Crippen molar-refractivity contribution in [3.63, 3.8) is 0 Å². The van der Waals surface area contributed by atoms with Crippen LogP contribution in [0.5, 0.6) is 0 Å². The van der Waals surface area contributed by atoms with Crippen LogP contribution in [0.2, 0.25) is 0 Å². The fourth-order valence-electron chi connectivity index (χ4n) is 1.67. The molecule has 0 radical (unpaired) electrons. The average Bonchev–Trinajstić information content (AvgIpc) is 2.26. The lowest BCUT2D eigenvalue weighted by Crippen LogP contribution is -2.32. The summed E-state index contributed by atoms with van der Waals surface area (Å²) in [6.07, 6.45) is 0. The Morgan fingerprint density at radius 2 is 2.07 bits per heavy atom. The quantitative estimate of drug-likeness (QED) is 0.823. The van der Waals surface area contributed by atoms with Crippen molar-refractivity contribution in [2.24, 2.45) is 0 Å². The predicted molar refractivity (Wildman–Crippen MR) is 66.7 cm³/mol. The number of rotatable bonds is 2. The summed E-state index contributed by atoms with van der Waals surface area (Å²) < 4.78 is 13.9. The molecule has 1 aliphatic heterocycles. The van der Waals surface area contributed by atoms with Crippen LogP contribution in [0.15, 0.2) is 22.7 Å². The molecule has 1 fully saturated rings. The van der Waals surface area contributed by atoms with Gasteiger partial charge < -0.3 is 0 Å². The molecular weight excluding hydrogens is 277 g/mol. The molecule has 1 saturated heterocycles. The Morgan fingerprint density at radius 3 is 2.80 bits per heavy atom. The highest BCUT2D eigenvalue weighted by Gasteiger charge is 2.13. The lowest BCUT2D eigenvalue weighted by Gasteiger charge is -2.26.